The minimum absolute atomic E-state index is 0.124. The lowest BCUT2D eigenvalue weighted by Gasteiger charge is -2.43. The maximum atomic E-state index is 13.5. The molecule has 1 aliphatic rings. The van der Waals surface area contributed by atoms with E-state index in [4.69, 9.17) is 35.3 Å². The Hall–Kier alpha value is -5.29. The fourth-order valence-electron chi connectivity index (χ4n) is 5.69. The van der Waals surface area contributed by atoms with Gasteiger partial charge in [0.15, 0.2) is 24.6 Å². The number of likely N-dealkylation sites (N-methyl/N-ethyl adjacent to an activating group) is 1. The van der Waals surface area contributed by atoms with Crippen molar-refractivity contribution in [1.82, 2.24) is 4.98 Å². The molecule has 10 nitrogen and oxygen atoms in total. The zero-order valence-corrected chi connectivity index (χ0v) is 28.1. The predicted molar refractivity (Wildman–Crippen MR) is 187 cm³/mol. The molecule has 0 aliphatic carbocycles. The number of carbonyl (C=O) groups is 3. The molecule has 0 spiro atoms. The second-order valence-corrected chi connectivity index (χ2v) is 12.1. The van der Waals surface area contributed by atoms with E-state index in [9.17, 15) is 14.4 Å². The number of rotatable bonds is 11. The van der Waals surface area contributed by atoms with E-state index in [1.165, 1.54) is 0 Å². The van der Waals surface area contributed by atoms with Crippen LogP contribution in [0, 0.1) is 0 Å². The minimum atomic E-state index is -1.32. The van der Waals surface area contributed by atoms with E-state index in [2.05, 4.69) is 4.98 Å². The Bertz CT molecular complexity index is 1930. The third-order valence-corrected chi connectivity index (χ3v) is 8.52. The van der Waals surface area contributed by atoms with Gasteiger partial charge in [0.05, 0.1) is 34.9 Å². The fraction of sp³-hybridized carbons (Fsp3) is 0.231. The van der Waals surface area contributed by atoms with Crippen LogP contribution in [0.4, 0.5) is 5.69 Å². The van der Waals surface area contributed by atoms with Gasteiger partial charge in [0.2, 0.25) is 0 Å². The van der Waals surface area contributed by atoms with Crippen LogP contribution in [-0.2, 0) is 23.7 Å². The minimum Gasteiger partial charge on any atom is -0.452 e. The topological polar surface area (TPSA) is 113 Å². The highest BCUT2D eigenvalue weighted by atomic mass is 35.5. The Morgan fingerprint density at radius 2 is 1.24 bits per heavy atom. The molecule has 1 aromatic heterocycles. The lowest BCUT2D eigenvalue weighted by atomic mass is 9.98. The number of halogens is 1. The lowest BCUT2D eigenvalue weighted by molar-refractivity contribution is -0.290. The molecule has 1 saturated heterocycles. The van der Waals surface area contributed by atoms with Crippen molar-refractivity contribution in [2.24, 2.45) is 0 Å². The van der Waals surface area contributed by atoms with Crippen LogP contribution in [0.5, 0.6) is 0 Å². The van der Waals surface area contributed by atoms with Gasteiger partial charge < -0.3 is 28.6 Å². The second kappa shape index (κ2) is 15.9. The molecule has 1 unspecified atom stereocenters. The van der Waals surface area contributed by atoms with Crippen LogP contribution in [0.15, 0.2) is 121 Å². The summed E-state index contributed by atoms with van der Waals surface area (Å²) in [5.41, 5.74) is 2.47. The van der Waals surface area contributed by atoms with E-state index < -0.39 is 48.6 Å². The summed E-state index contributed by atoms with van der Waals surface area (Å²) in [4.78, 5) is 46.7. The van der Waals surface area contributed by atoms with Gasteiger partial charge in [0, 0.05) is 35.9 Å². The number of aromatic nitrogens is 1. The molecule has 5 atom stereocenters. The maximum absolute atomic E-state index is 13.5. The highest BCUT2D eigenvalue weighted by molar-refractivity contribution is 6.31. The molecule has 0 bridgehead atoms. The summed E-state index contributed by atoms with van der Waals surface area (Å²) >= 11 is 6.19. The number of ether oxygens (including phenoxy) is 5. The second-order valence-electron chi connectivity index (χ2n) is 11.7. The van der Waals surface area contributed by atoms with Crippen molar-refractivity contribution < 1.29 is 38.1 Å². The van der Waals surface area contributed by atoms with Gasteiger partial charge in [0.25, 0.3) is 0 Å². The van der Waals surface area contributed by atoms with Crippen molar-refractivity contribution in [2.45, 2.75) is 37.6 Å². The Labute approximate surface area is 294 Å². The Morgan fingerprint density at radius 1 is 0.720 bits per heavy atom. The fourth-order valence-corrected chi connectivity index (χ4v) is 5.86. The molecule has 0 saturated carbocycles. The number of anilines is 1. The zero-order chi connectivity index (χ0) is 35.0. The van der Waals surface area contributed by atoms with Gasteiger partial charge >= 0.3 is 17.9 Å². The summed E-state index contributed by atoms with van der Waals surface area (Å²) in [6, 6.07) is 32.6. The molecule has 2 heterocycles. The monoisotopic (exact) mass is 694 g/mol. The quantitative estimate of drug-likeness (QED) is 0.109. The zero-order valence-electron chi connectivity index (χ0n) is 27.4. The largest absolute Gasteiger partial charge is 0.452 e. The predicted octanol–water partition coefficient (Wildman–Crippen LogP) is 6.76. The van der Waals surface area contributed by atoms with Crippen LogP contribution in [0.2, 0.25) is 5.02 Å². The molecule has 256 valence electrons. The van der Waals surface area contributed by atoms with E-state index >= 15 is 0 Å². The van der Waals surface area contributed by atoms with E-state index in [1.54, 1.807) is 116 Å². The molecule has 0 amide bonds. The summed E-state index contributed by atoms with van der Waals surface area (Å²) in [5.74, 6) is -2.06. The van der Waals surface area contributed by atoms with Gasteiger partial charge in [-0.25, -0.2) is 14.4 Å². The van der Waals surface area contributed by atoms with Crippen LogP contribution in [-0.4, -0.2) is 73.8 Å². The molecule has 1 aliphatic heterocycles. The SMILES string of the molecule is C[C@@H]1OC(OCCN(C)c2ccnc3cc(Cl)ccc23)[C@@H](OC(=O)c2ccccc2)[C@H](OC(=O)c2ccccc2)[C@@H]1OC(=O)c1ccccc1. The third kappa shape index (κ3) is 8.11. The van der Waals surface area contributed by atoms with Crippen LogP contribution in [0.25, 0.3) is 10.9 Å². The van der Waals surface area contributed by atoms with Crippen LogP contribution >= 0.6 is 11.6 Å². The molecular formula is C39H35ClN2O8. The summed E-state index contributed by atoms with van der Waals surface area (Å²) in [6.45, 7) is 2.20. The number of esters is 3. The molecule has 11 heteroatoms. The molecule has 6 rings (SSSR count). The first-order valence-corrected chi connectivity index (χ1v) is 16.5. The van der Waals surface area contributed by atoms with Crippen molar-refractivity contribution in [3.05, 3.63) is 143 Å². The number of hydrogen-bond acceptors (Lipinski definition) is 10. The average molecular weight is 695 g/mol. The highest BCUT2D eigenvalue weighted by Crippen LogP contribution is 2.32. The number of carbonyl (C=O) groups excluding carboxylic acids is 3. The smallest absolute Gasteiger partial charge is 0.338 e. The van der Waals surface area contributed by atoms with Gasteiger partial charge in [0.1, 0.15) is 0 Å². The first kappa shape index (κ1) is 34.6. The Kier molecular flexibility index (Phi) is 11.0. The van der Waals surface area contributed by atoms with Crippen LogP contribution < -0.4 is 4.90 Å². The van der Waals surface area contributed by atoms with E-state index in [-0.39, 0.29) is 23.3 Å². The number of hydrogen-bond donors (Lipinski definition) is 0. The molecule has 4 aromatic carbocycles. The summed E-state index contributed by atoms with van der Waals surface area (Å²) in [7, 11) is 1.91. The standard InChI is InChI=1S/C39H35ClN2O8/c1-25-33(48-36(43)26-12-6-3-7-13-26)34(49-37(44)27-14-8-4-9-15-27)35(50-38(45)28-16-10-5-11-17-28)39(47-25)46-23-22-42(2)32-20-21-41-31-24-29(40)18-19-30(31)32/h3-21,24-25,33-35,39H,22-23H2,1-2H3/t25-,33+,34+,35-,39?/m0/s1. The molecule has 0 N–H and O–H groups in total. The van der Waals surface area contributed by atoms with Gasteiger partial charge in [-0.15, -0.1) is 0 Å². The lowest BCUT2D eigenvalue weighted by Crippen LogP contribution is -2.61. The summed E-state index contributed by atoms with van der Waals surface area (Å²) < 4.78 is 30.6. The van der Waals surface area contributed by atoms with Gasteiger partial charge in [-0.1, -0.05) is 66.2 Å². The van der Waals surface area contributed by atoms with Gasteiger partial charge in [-0.2, -0.15) is 0 Å². The average Bonchev–Trinajstić information content (AvgIpc) is 3.14. The van der Waals surface area contributed by atoms with Crippen molar-refractivity contribution in [2.75, 3.05) is 25.1 Å². The number of fused-ring (bicyclic) bond motifs is 1. The highest BCUT2D eigenvalue weighted by Gasteiger charge is 2.52. The Morgan fingerprint density at radius 3 is 1.80 bits per heavy atom. The first-order chi connectivity index (χ1) is 24.3. The van der Waals surface area contributed by atoms with Crippen molar-refractivity contribution in [3.63, 3.8) is 0 Å². The first-order valence-electron chi connectivity index (χ1n) is 16.1. The van der Waals surface area contributed by atoms with Crippen LogP contribution in [0.1, 0.15) is 38.0 Å². The third-order valence-electron chi connectivity index (χ3n) is 8.29. The molecule has 0 radical (unpaired) electrons. The van der Waals surface area contributed by atoms with Crippen LogP contribution in [0.3, 0.4) is 0 Å². The maximum Gasteiger partial charge on any atom is 0.338 e. The normalized spacial score (nSPS) is 20.1. The van der Waals surface area contributed by atoms with Gasteiger partial charge in [-0.05, 0) is 67.6 Å². The van der Waals surface area contributed by atoms with E-state index in [1.807, 2.05) is 24.1 Å². The number of pyridine rings is 1. The summed E-state index contributed by atoms with van der Waals surface area (Å²) in [5, 5.41) is 1.50. The van der Waals surface area contributed by atoms with Crippen molar-refractivity contribution in [3.8, 4) is 0 Å². The molecule has 1 fully saturated rings. The van der Waals surface area contributed by atoms with Crippen molar-refractivity contribution in [1.29, 1.82) is 0 Å². The molecule has 5 aromatic rings. The van der Waals surface area contributed by atoms with Crippen molar-refractivity contribution >= 4 is 46.1 Å². The van der Waals surface area contributed by atoms with E-state index in [0.717, 1.165) is 16.6 Å². The summed E-state index contributed by atoms with van der Waals surface area (Å²) in [6.07, 6.45) is -4.11. The Balaban J connectivity index is 1.28. The number of benzene rings is 4. The molecular weight excluding hydrogens is 660 g/mol. The molecule has 50 heavy (non-hydrogen) atoms. The van der Waals surface area contributed by atoms with E-state index in [0.29, 0.717) is 11.6 Å². The van der Waals surface area contributed by atoms with Gasteiger partial charge in [-0.3, -0.25) is 4.98 Å². The number of nitrogens with zero attached hydrogens (tertiary/aromatic N) is 2.